The van der Waals surface area contributed by atoms with Crippen LogP contribution in [0, 0.1) is 11.7 Å². The number of hydrogen-bond acceptors (Lipinski definition) is 3. The first-order chi connectivity index (χ1) is 18.5. The summed E-state index contributed by atoms with van der Waals surface area (Å²) in [5, 5.41) is 2.72. The Morgan fingerprint density at radius 1 is 0.684 bits per heavy atom. The second-order valence-corrected chi connectivity index (χ2v) is 9.33. The van der Waals surface area contributed by atoms with E-state index >= 15 is 0 Å². The smallest absolute Gasteiger partial charge is 0.255 e. The molecule has 0 aromatic heterocycles. The molecule has 0 radical (unpaired) electrons. The number of likely N-dealkylation sites (tertiary alicyclic amines) is 1. The summed E-state index contributed by atoms with van der Waals surface area (Å²) in [5.74, 6) is -2.83. The fourth-order valence-electron chi connectivity index (χ4n) is 5.53. The van der Waals surface area contributed by atoms with Crippen LogP contribution in [-0.2, 0) is 4.79 Å². The predicted molar refractivity (Wildman–Crippen MR) is 143 cm³/mol. The highest BCUT2D eigenvalue weighted by molar-refractivity contribution is 6.04. The van der Waals surface area contributed by atoms with Crippen molar-refractivity contribution in [2.75, 3.05) is 7.05 Å². The zero-order valence-electron chi connectivity index (χ0n) is 20.8. The fraction of sp³-hybridized carbons (Fsp3) is 0.156. The van der Waals surface area contributed by atoms with Gasteiger partial charge in [0, 0.05) is 24.1 Å². The van der Waals surface area contributed by atoms with Crippen LogP contribution in [0.1, 0.15) is 43.8 Å². The van der Waals surface area contributed by atoms with Gasteiger partial charge < -0.3 is 10.2 Å². The summed E-state index contributed by atoms with van der Waals surface area (Å²) in [6.07, 6.45) is 0. The van der Waals surface area contributed by atoms with E-state index in [4.69, 9.17) is 0 Å². The SMILES string of the molecule is CNC(=O)C1C(c2ccccc2)C(C(=O)c2ccccc2)C(c2ccccc2)N1C(=O)c1ccc(F)cc1. The largest absolute Gasteiger partial charge is 0.357 e. The monoisotopic (exact) mass is 506 g/mol. The third-order valence-electron chi connectivity index (χ3n) is 7.19. The number of likely N-dealkylation sites (N-methyl/N-ethyl adjacent to an activating group) is 1. The van der Waals surface area contributed by atoms with Crippen LogP contribution in [-0.4, -0.2) is 35.6 Å². The molecule has 1 fully saturated rings. The molecule has 1 saturated heterocycles. The minimum absolute atomic E-state index is 0.156. The standard InChI is InChI=1S/C32H27FN2O3/c1-34-31(37)29-26(21-11-5-2-6-12-21)27(30(36)23-15-9-4-10-16-23)28(22-13-7-3-8-14-22)35(29)32(38)24-17-19-25(33)20-18-24/h2-20,26-29H,1H3,(H,34,37). The molecule has 4 aromatic carbocycles. The van der Waals surface area contributed by atoms with Crippen LogP contribution in [0.15, 0.2) is 115 Å². The average molecular weight is 507 g/mol. The van der Waals surface area contributed by atoms with Gasteiger partial charge >= 0.3 is 0 Å². The van der Waals surface area contributed by atoms with E-state index in [1.165, 1.54) is 36.2 Å². The molecule has 1 aliphatic heterocycles. The van der Waals surface area contributed by atoms with Gasteiger partial charge in [-0.15, -0.1) is 0 Å². The molecular formula is C32H27FN2O3. The van der Waals surface area contributed by atoms with Gasteiger partial charge in [0.05, 0.1) is 12.0 Å². The first kappa shape index (κ1) is 25.1. The third-order valence-corrected chi connectivity index (χ3v) is 7.19. The Kier molecular flexibility index (Phi) is 7.13. The Labute approximate surface area is 220 Å². The maximum atomic E-state index is 14.3. The van der Waals surface area contributed by atoms with Crippen molar-refractivity contribution in [1.82, 2.24) is 10.2 Å². The van der Waals surface area contributed by atoms with Crippen molar-refractivity contribution in [2.24, 2.45) is 5.92 Å². The zero-order chi connectivity index (χ0) is 26.6. The second-order valence-electron chi connectivity index (χ2n) is 9.33. The van der Waals surface area contributed by atoms with Gasteiger partial charge in [-0.3, -0.25) is 14.4 Å². The summed E-state index contributed by atoms with van der Waals surface area (Å²) >= 11 is 0. The number of Topliss-reactive ketones (excluding diaryl/α,β-unsaturated/α-hetero) is 1. The van der Waals surface area contributed by atoms with Crippen molar-refractivity contribution in [1.29, 1.82) is 0 Å². The highest BCUT2D eigenvalue weighted by Crippen LogP contribution is 2.51. The maximum absolute atomic E-state index is 14.3. The maximum Gasteiger partial charge on any atom is 0.255 e. The van der Waals surface area contributed by atoms with Gasteiger partial charge in [-0.2, -0.15) is 0 Å². The minimum atomic E-state index is -0.983. The quantitative estimate of drug-likeness (QED) is 0.355. The van der Waals surface area contributed by atoms with Gasteiger partial charge in [0.1, 0.15) is 11.9 Å². The van der Waals surface area contributed by atoms with Gasteiger partial charge in [0.2, 0.25) is 5.91 Å². The summed E-state index contributed by atoms with van der Waals surface area (Å²) in [5.41, 5.74) is 2.27. The van der Waals surface area contributed by atoms with E-state index in [2.05, 4.69) is 5.32 Å². The van der Waals surface area contributed by atoms with Crippen LogP contribution in [0.2, 0.25) is 0 Å². The Morgan fingerprint density at radius 3 is 1.76 bits per heavy atom. The van der Waals surface area contributed by atoms with Crippen molar-refractivity contribution in [2.45, 2.75) is 18.0 Å². The van der Waals surface area contributed by atoms with Crippen molar-refractivity contribution in [3.05, 3.63) is 143 Å². The molecule has 0 spiro atoms. The van der Waals surface area contributed by atoms with Gasteiger partial charge in [0.25, 0.3) is 5.91 Å². The Balaban J connectivity index is 1.77. The van der Waals surface area contributed by atoms with E-state index in [1.807, 2.05) is 66.7 Å². The number of benzene rings is 4. The number of amides is 2. The molecule has 5 nitrogen and oxygen atoms in total. The molecule has 4 aromatic rings. The van der Waals surface area contributed by atoms with E-state index in [9.17, 15) is 18.8 Å². The second kappa shape index (κ2) is 10.8. The number of nitrogens with one attached hydrogen (secondary N) is 1. The Bertz CT molecular complexity index is 1430. The lowest BCUT2D eigenvalue weighted by Gasteiger charge is -2.31. The van der Waals surface area contributed by atoms with Crippen LogP contribution >= 0.6 is 0 Å². The van der Waals surface area contributed by atoms with Crippen molar-refractivity contribution >= 4 is 17.6 Å². The lowest BCUT2D eigenvalue weighted by Crippen LogP contribution is -2.47. The number of rotatable bonds is 6. The molecule has 0 saturated carbocycles. The van der Waals surface area contributed by atoms with Gasteiger partial charge in [-0.25, -0.2) is 4.39 Å². The third kappa shape index (κ3) is 4.61. The topological polar surface area (TPSA) is 66.5 Å². The van der Waals surface area contributed by atoms with E-state index in [0.717, 1.165) is 11.1 Å². The number of carbonyl (C=O) groups is 3. The lowest BCUT2D eigenvalue weighted by atomic mass is 9.76. The van der Waals surface area contributed by atoms with Crippen molar-refractivity contribution in [3.63, 3.8) is 0 Å². The lowest BCUT2D eigenvalue weighted by molar-refractivity contribution is -0.125. The first-order valence-corrected chi connectivity index (χ1v) is 12.5. The van der Waals surface area contributed by atoms with Crippen molar-refractivity contribution in [3.8, 4) is 0 Å². The Hall–Kier alpha value is -4.58. The highest BCUT2D eigenvalue weighted by Gasteiger charge is 2.57. The number of nitrogens with zero attached hydrogens (tertiary/aromatic N) is 1. The average Bonchev–Trinajstić information content (AvgIpc) is 3.34. The van der Waals surface area contributed by atoms with E-state index in [-0.39, 0.29) is 17.3 Å². The molecule has 1 heterocycles. The zero-order valence-corrected chi connectivity index (χ0v) is 20.8. The molecule has 1 N–H and O–H groups in total. The van der Waals surface area contributed by atoms with E-state index in [0.29, 0.717) is 5.56 Å². The van der Waals surface area contributed by atoms with Crippen LogP contribution in [0.25, 0.3) is 0 Å². The summed E-state index contributed by atoms with van der Waals surface area (Å²) in [6.45, 7) is 0. The van der Waals surface area contributed by atoms with Gasteiger partial charge in [0.15, 0.2) is 5.78 Å². The van der Waals surface area contributed by atoms with Crippen LogP contribution < -0.4 is 5.32 Å². The van der Waals surface area contributed by atoms with Gasteiger partial charge in [-0.05, 0) is 35.4 Å². The molecule has 190 valence electrons. The normalized spacial score (nSPS) is 20.6. The molecule has 0 bridgehead atoms. The molecule has 1 aliphatic rings. The number of ketones is 1. The van der Waals surface area contributed by atoms with Gasteiger partial charge in [-0.1, -0.05) is 91.0 Å². The van der Waals surface area contributed by atoms with Crippen molar-refractivity contribution < 1.29 is 18.8 Å². The summed E-state index contributed by atoms with van der Waals surface area (Å²) in [7, 11) is 1.52. The van der Waals surface area contributed by atoms with Crippen LogP contribution in [0.3, 0.4) is 0 Å². The molecule has 6 heteroatoms. The predicted octanol–water partition coefficient (Wildman–Crippen LogP) is 5.42. The van der Waals surface area contributed by atoms with E-state index < -0.39 is 35.6 Å². The number of halogens is 1. The molecule has 0 aliphatic carbocycles. The Morgan fingerprint density at radius 2 is 1.21 bits per heavy atom. The van der Waals surface area contributed by atoms with E-state index in [1.54, 1.807) is 24.3 Å². The summed E-state index contributed by atoms with van der Waals surface area (Å²) in [6, 6.07) is 31.2. The number of hydrogen-bond donors (Lipinski definition) is 1. The molecule has 2 amide bonds. The minimum Gasteiger partial charge on any atom is -0.357 e. The first-order valence-electron chi connectivity index (χ1n) is 12.5. The molecule has 4 unspecified atom stereocenters. The molecule has 38 heavy (non-hydrogen) atoms. The number of carbonyl (C=O) groups excluding carboxylic acids is 3. The molecule has 5 rings (SSSR count). The van der Waals surface area contributed by atoms with Crippen LogP contribution in [0.4, 0.5) is 4.39 Å². The molecule has 4 atom stereocenters. The fourth-order valence-corrected chi connectivity index (χ4v) is 5.53. The van der Waals surface area contributed by atoms with Crippen LogP contribution in [0.5, 0.6) is 0 Å². The molecular weight excluding hydrogens is 479 g/mol. The summed E-state index contributed by atoms with van der Waals surface area (Å²) in [4.78, 5) is 43.6. The highest BCUT2D eigenvalue weighted by atomic mass is 19.1. The summed E-state index contributed by atoms with van der Waals surface area (Å²) < 4.78 is 13.7.